The molecule has 0 amide bonds. The van der Waals surface area contributed by atoms with E-state index in [4.69, 9.17) is 23.7 Å². The maximum absolute atomic E-state index is 13.3. The van der Waals surface area contributed by atoms with Gasteiger partial charge in [-0.3, -0.25) is 14.5 Å². The Hall–Kier alpha value is -3.89. The van der Waals surface area contributed by atoms with Gasteiger partial charge in [0.1, 0.15) is 24.6 Å². The van der Waals surface area contributed by atoms with Crippen LogP contribution in [0.3, 0.4) is 0 Å². The highest BCUT2D eigenvalue weighted by molar-refractivity contribution is 5.89. The summed E-state index contributed by atoms with van der Waals surface area (Å²) in [7, 11) is 4.63. The van der Waals surface area contributed by atoms with Crippen LogP contribution in [0.2, 0.25) is 0 Å². The molecule has 1 N–H and O–H groups in total. The van der Waals surface area contributed by atoms with Gasteiger partial charge >= 0.3 is 17.9 Å². The maximum atomic E-state index is 13.3. The predicted molar refractivity (Wildman–Crippen MR) is 157 cm³/mol. The Morgan fingerprint density at radius 1 is 1.02 bits per heavy atom. The average molecular weight is 591 g/mol. The highest BCUT2D eigenvalue weighted by atomic mass is 16.6. The van der Waals surface area contributed by atoms with E-state index in [2.05, 4.69) is 16.0 Å². The third-order valence-corrected chi connectivity index (χ3v) is 9.49. The van der Waals surface area contributed by atoms with E-state index in [9.17, 15) is 14.4 Å². The number of piperidine rings is 1. The molecule has 0 bridgehead atoms. The van der Waals surface area contributed by atoms with Crippen molar-refractivity contribution in [1.82, 2.24) is 9.88 Å². The lowest BCUT2D eigenvalue weighted by atomic mass is 9.63. The number of aromatic amines is 1. The van der Waals surface area contributed by atoms with Gasteiger partial charge in [0, 0.05) is 49.8 Å². The molecule has 6 unspecified atom stereocenters. The number of hydrogen-bond donors (Lipinski definition) is 1. The van der Waals surface area contributed by atoms with Crippen molar-refractivity contribution in [2.75, 3.05) is 34.4 Å². The maximum Gasteiger partial charge on any atom is 0.338 e. The van der Waals surface area contributed by atoms with Crippen molar-refractivity contribution in [2.24, 2.45) is 17.8 Å². The molecule has 10 nitrogen and oxygen atoms in total. The molecule has 3 aromatic rings. The van der Waals surface area contributed by atoms with Crippen LogP contribution in [-0.2, 0) is 41.6 Å². The Balaban J connectivity index is 1.24. The van der Waals surface area contributed by atoms with Gasteiger partial charge in [0.2, 0.25) is 0 Å². The lowest BCUT2D eigenvalue weighted by molar-refractivity contribution is -0.176. The number of H-pyrrole nitrogens is 1. The number of carbonyl (C=O) groups is 3. The van der Waals surface area contributed by atoms with Crippen molar-refractivity contribution in [2.45, 2.75) is 51.0 Å². The molecule has 1 saturated carbocycles. The second kappa shape index (κ2) is 12.0. The van der Waals surface area contributed by atoms with Crippen LogP contribution in [0.1, 0.15) is 53.0 Å². The molecule has 3 aliphatic rings. The molecule has 0 spiro atoms. The topological polar surface area (TPSA) is 116 Å². The van der Waals surface area contributed by atoms with Crippen LogP contribution < -0.4 is 4.74 Å². The predicted octanol–water partition coefficient (Wildman–Crippen LogP) is 4.21. The van der Waals surface area contributed by atoms with Crippen LogP contribution in [0, 0.1) is 17.8 Å². The SMILES string of the molecule is COC(=O)C1C2CC3c4[nH]c5cc(OC)ccc5c4CCN3CC2CC(OC(=O)c2ccc(COC(C)=O)cc2)C1OC. The minimum Gasteiger partial charge on any atom is -0.497 e. The number of esters is 3. The van der Waals surface area contributed by atoms with Gasteiger partial charge in [0.15, 0.2) is 0 Å². The molecule has 3 heterocycles. The van der Waals surface area contributed by atoms with Crippen LogP contribution in [0.25, 0.3) is 10.9 Å². The molecule has 1 saturated heterocycles. The molecule has 1 aromatic heterocycles. The first kappa shape index (κ1) is 29.2. The molecule has 1 aliphatic carbocycles. The lowest BCUT2D eigenvalue weighted by Crippen LogP contribution is -2.58. The normalized spacial score (nSPS) is 26.5. The molecule has 228 valence electrons. The second-order valence-corrected chi connectivity index (χ2v) is 11.8. The Morgan fingerprint density at radius 2 is 1.81 bits per heavy atom. The number of carbonyl (C=O) groups excluding carboxylic acids is 3. The minimum absolute atomic E-state index is 0.000981. The number of methoxy groups -OCH3 is 3. The first-order valence-corrected chi connectivity index (χ1v) is 14.8. The molecular weight excluding hydrogens is 552 g/mol. The number of hydrogen-bond acceptors (Lipinski definition) is 9. The van der Waals surface area contributed by atoms with Crippen LogP contribution >= 0.6 is 0 Å². The molecule has 0 radical (unpaired) electrons. The van der Waals surface area contributed by atoms with Crippen molar-refractivity contribution in [1.29, 1.82) is 0 Å². The average Bonchev–Trinajstić information content (AvgIpc) is 3.40. The number of benzene rings is 2. The van der Waals surface area contributed by atoms with E-state index in [0.29, 0.717) is 12.0 Å². The summed E-state index contributed by atoms with van der Waals surface area (Å²) in [4.78, 5) is 43.9. The standard InChI is InChI=1S/C33H38N2O8/c1-18(36)42-17-19-5-7-20(8-6-19)32(37)43-28-13-21-16-35-12-11-24-23-10-9-22(39-2)14-26(23)34-30(24)27(35)15-25(21)29(31(28)40-3)33(38)41-4/h5-10,14,21,25,27-29,31,34H,11-13,15-17H2,1-4H3. The van der Waals surface area contributed by atoms with Gasteiger partial charge in [0.05, 0.1) is 31.7 Å². The zero-order valence-corrected chi connectivity index (χ0v) is 25.0. The van der Waals surface area contributed by atoms with Crippen LogP contribution in [0.5, 0.6) is 5.75 Å². The van der Waals surface area contributed by atoms with Crippen molar-refractivity contribution in [3.05, 3.63) is 64.8 Å². The fraction of sp³-hybridized carbons (Fsp3) is 0.485. The zero-order chi connectivity index (χ0) is 30.2. The van der Waals surface area contributed by atoms with Crippen molar-refractivity contribution in [3.63, 3.8) is 0 Å². The van der Waals surface area contributed by atoms with Crippen LogP contribution in [0.4, 0.5) is 0 Å². The number of fused-ring (bicyclic) bond motifs is 6. The monoisotopic (exact) mass is 590 g/mol. The van der Waals surface area contributed by atoms with Gasteiger partial charge in [-0.2, -0.15) is 0 Å². The third kappa shape index (κ3) is 5.49. The molecule has 43 heavy (non-hydrogen) atoms. The van der Waals surface area contributed by atoms with E-state index >= 15 is 0 Å². The quantitative estimate of drug-likeness (QED) is 0.319. The number of nitrogens with zero attached hydrogens (tertiary/aromatic N) is 1. The fourth-order valence-electron chi connectivity index (χ4n) is 7.49. The second-order valence-electron chi connectivity index (χ2n) is 11.8. The largest absolute Gasteiger partial charge is 0.497 e. The van der Waals surface area contributed by atoms with Crippen molar-refractivity contribution < 1.29 is 38.1 Å². The highest BCUT2D eigenvalue weighted by Gasteiger charge is 2.54. The highest BCUT2D eigenvalue weighted by Crippen LogP contribution is 2.50. The van der Waals surface area contributed by atoms with Crippen molar-refractivity contribution in [3.8, 4) is 5.75 Å². The van der Waals surface area contributed by atoms with Gasteiger partial charge in [-0.05, 0) is 66.5 Å². The number of rotatable bonds is 7. The molecule has 10 heteroatoms. The smallest absolute Gasteiger partial charge is 0.338 e. The van der Waals surface area contributed by atoms with Gasteiger partial charge in [-0.1, -0.05) is 12.1 Å². The Kier molecular flexibility index (Phi) is 8.15. The van der Waals surface area contributed by atoms with Gasteiger partial charge in [0.25, 0.3) is 0 Å². The van der Waals surface area contributed by atoms with E-state index in [1.54, 1.807) is 38.5 Å². The van der Waals surface area contributed by atoms with Gasteiger partial charge < -0.3 is 28.7 Å². The first-order valence-electron chi connectivity index (χ1n) is 14.8. The number of nitrogens with one attached hydrogen (secondary N) is 1. The molecule has 2 aromatic carbocycles. The zero-order valence-electron chi connectivity index (χ0n) is 25.0. The Bertz CT molecular complexity index is 1520. The fourth-order valence-corrected chi connectivity index (χ4v) is 7.49. The van der Waals surface area contributed by atoms with E-state index in [0.717, 1.165) is 42.8 Å². The summed E-state index contributed by atoms with van der Waals surface area (Å²) >= 11 is 0. The summed E-state index contributed by atoms with van der Waals surface area (Å²) in [6, 6.07) is 13.1. The van der Waals surface area contributed by atoms with E-state index in [1.807, 2.05) is 12.1 Å². The minimum atomic E-state index is -0.637. The van der Waals surface area contributed by atoms with E-state index in [1.165, 1.54) is 30.7 Å². The molecule has 2 aliphatic heterocycles. The van der Waals surface area contributed by atoms with Crippen molar-refractivity contribution >= 4 is 28.8 Å². The summed E-state index contributed by atoms with van der Waals surface area (Å²) in [5.74, 6) is -0.837. The molecular formula is C33H38N2O8. The number of ether oxygens (including phenoxy) is 5. The summed E-state index contributed by atoms with van der Waals surface area (Å²) in [5, 5.41) is 1.21. The Labute approximate surface area is 250 Å². The molecule has 6 atom stereocenters. The van der Waals surface area contributed by atoms with E-state index in [-0.39, 0.29) is 36.4 Å². The first-order chi connectivity index (χ1) is 20.8. The summed E-state index contributed by atoms with van der Waals surface area (Å²) < 4.78 is 27.8. The van der Waals surface area contributed by atoms with Crippen LogP contribution in [-0.4, -0.2) is 74.4 Å². The van der Waals surface area contributed by atoms with Gasteiger partial charge in [-0.15, -0.1) is 0 Å². The van der Waals surface area contributed by atoms with E-state index < -0.39 is 24.1 Å². The summed E-state index contributed by atoms with van der Waals surface area (Å²) in [5.41, 5.74) is 4.74. The molecule has 6 rings (SSSR count). The summed E-state index contributed by atoms with van der Waals surface area (Å²) in [6.45, 7) is 3.19. The molecule has 2 fully saturated rings. The lowest BCUT2D eigenvalue weighted by Gasteiger charge is -2.52. The third-order valence-electron chi connectivity index (χ3n) is 9.49. The van der Waals surface area contributed by atoms with Gasteiger partial charge in [-0.25, -0.2) is 4.79 Å². The van der Waals surface area contributed by atoms with Crippen LogP contribution in [0.15, 0.2) is 42.5 Å². The number of aromatic nitrogens is 1. The Morgan fingerprint density at radius 3 is 2.51 bits per heavy atom. The summed E-state index contributed by atoms with van der Waals surface area (Å²) in [6.07, 6.45) is 1.05.